The fraction of sp³-hybridized carbons (Fsp3) is 0.182. The molecule has 0 amide bonds. The molecule has 0 spiro atoms. The van der Waals surface area contributed by atoms with Gasteiger partial charge in [-0.1, -0.05) is 35.5 Å². The van der Waals surface area contributed by atoms with Gasteiger partial charge in [-0.2, -0.15) is 0 Å². The van der Waals surface area contributed by atoms with Gasteiger partial charge in [0.2, 0.25) is 0 Å². The van der Waals surface area contributed by atoms with Crippen molar-refractivity contribution in [3.05, 3.63) is 42.1 Å². The van der Waals surface area contributed by atoms with E-state index >= 15 is 0 Å². The minimum absolute atomic E-state index is 0.612. The summed E-state index contributed by atoms with van der Waals surface area (Å²) in [6.45, 7) is 0.612. The molecule has 2 rings (SSSR count). The van der Waals surface area contributed by atoms with Crippen LogP contribution in [0.2, 0.25) is 0 Å². The van der Waals surface area contributed by atoms with Gasteiger partial charge in [0.05, 0.1) is 6.20 Å². The molecule has 3 nitrogen and oxygen atoms in total. The second kappa shape index (κ2) is 4.07. The number of hydrogen-bond donors (Lipinski definition) is 1. The van der Waals surface area contributed by atoms with Crippen molar-refractivity contribution >= 4 is 0 Å². The summed E-state index contributed by atoms with van der Waals surface area (Å²) in [6, 6.07) is 9.93. The van der Waals surface area contributed by atoms with Crippen LogP contribution in [-0.4, -0.2) is 11.7 Å². The first-order valence-electron chi connectivity index (χ1n) is 4.61. The molecule has 0 aliphatic carbocycles. The molecule has 0 radical (unpaired) electrons. The molecule has 1 aromatic carbocycles. The Labute approximate surface area is 82.5 Å². The number of rotatable bonds is 3. The average molecular weight is 188 g/mol. The first-order chi connectivity index (χ1) is 6.92. The van der Waals surface area contributed by atoms with Crippen molar-refractivity contribution in [3.8, 4) is 11.3 Å². The van der Waals surface area contributed by atoms with Gasteiger partial charge in [-0.3, -0.25) is 0 Å². The highest BCUT2D eigenvalue weighted by molar-refractivity contribution is 5.60. The molecule has 0 atom stereocenters. The van der Waals surface area contributed by atoms with Crippen molar-refractivity contribution in [2.75, 3.05) is 6.54 Å². The molecular formula is C11H12N2O. The SMILES string of the molecule is NCCc1cnoc1-c1ccccc1. The molecule has 0 saturated heterocycles. The maximum absolute atomic E-state index is 5.50. The van der Waals surface area contributed by atoms with Crippen molar-refractivity contribution in [3.63, 3.8) is 0 Å². The minimum atomic E-state index is 0.612. The van der Waals surface area contributed by atoms with Crippen molar-refractivity contribution in [1.29, 1.82) is 0 Å². The Hall–Kier alpha value is -1.61. The normalized spacial score (nSPS) is 10.4. The average Bonchev–Trinajstić information content (AvgIpc) is 2.68. The minimum Gasteiger partial charge on any atom is -0.356 e. The summed E-state index contributed by atoms with van der Waals surface area (Å²) in [7, 11) is 0. The first-order valence-corrected chi connectivity index (χ1v) is 4.61. The molecule has 14 heavy (non-hydrogen) atoms. The van der Waals surface area contributed by atoms with E-state index in [1.54, 1.807) is 6.20 Å². The zero-order chi connectivity index (χ0) is 9.80. The van der Waals surface area contributed by atoms with Crippen LogP contribution < -0.4 is 5.73 Å². The molecule has 2 aromatic rings. The summed E-state index contributed by atoms with van der Waals surface area (Å²) in [6.07, 6.45) is 2.53. The first kappa shape index (κ1) is 8.97. The smallest absolute Gasteiger partial charge is 0.170 e. The second-order valence-corrected chi connectivity index (χ2v) is 3.08. The number of benzene rings is 1. The predicted octanol–water partition coefficient (Wildman–Crippen LogP) is 1.84. The molecule has 0 aliphatic heterocycles. The molecule has 0 aliphatic rings. The van der Waals surface area contributed by atoms with E-state index in [2.05, 4.69) is 5.16 Å². The molecule has 1 heterocycles. The number of aromatic nitrogens is 1. The highest BCUT2D eigenvalue weighted by Gasteiger charge is 2.08. The van der Waals surface area contributed by atoms with E-state index in [0.29, 0.717) is 6.54 Å². The third-order valence-electron chi connectivity index (χ3n) is 2.09. The molecule has 2 N–H and O–H groups in total. The van der Waals surface area contributed by atoms with Crippen molar-refractivity contribution < 1.29 is 4.52 Å². The van der Waals surface area contributed by atoms with E-state index in [1.165, 1.54) is 0 Å². The molecule has 0 unspecified atom stereocenters. The van der Waals surface area contributed by atoms with E-state index in [4.69, 9.17) is 10.3 Å². The fourth-order valence-electron chi connectivity index (χ4n) is 1.42. The third-order valence-corrected chi connectivity index (χ3v) is 2.09. The summed E-state index contributed by atoms with van der Waals surface area (Å²) < 4.78 is 5.20. The highest BCUT2D eigenvalue weighted by Crippen LogP contribution is 2.22. The number of hydrogen-bond acceptors (Lipinski definition) is 3. The monoisotopic (exact) mass is 188 g/mol. The van der Waals surface area contributed by atoms with Crippen molar-refractivity contribution in [2.45, 2.75) is 6.42 Å². The lowest BCUT2D eigenvalue weighted by Crippen LogP contribution is -2.02. The molecule has 0 fully saturated rings. The van der Waals surface area contributed by atoms with Crippen LogP contribution in [0.15, 0.2) is 41.1 Å². The van der Waals surface area contributed by atoms with Gasteiger partial charge in [0, 0.05) is 11.1 Å². The topological polar surface area (TPSA) is 52.0 Å². The summed E-state index contributed by atoms with van der Waals surface area (Å²) in [4.78, 5) is 0. The Balaban J connectivity index is 2.37. The summed E-state index contributed by atoms with van der Waals surface area (Å²) in [5, 5.41) is 3.79. The standard InChI is InChI=1S/C11H12N2O/c12-7-6-10-8-13-14-11(10)9-4-2-1-3-5-9/h1-5,8H,6-7,12H2. The molecule has 3 heteroatoms. The van der Waals surface area contributed by atoms with Gasteiger partial charge in [-0.15, -0.1) is 0 Å². The molecular weight excluding hydrogens is 176 g/mol. The Bertz CT molecular complexity index is 395. The maximum atomic E-state index is 5.50. The number of nitrogens with zero attached hydrogens (tertiary/aromatic N) is 1. The van der Waals surface area contributed by atoms with Crippen LogP contribution in [0.5, 0.6) is 0 Å². The molecule has 0 bridgehead atoms. The lowest BCUT2D eigenvalue weighted by Gasteiger charge is -1.98. The zero-order valence-electron chi connectivity index (χ0n) is 7.81. The zero-order valence-corrected chi connectivity index (χ0v) is 7.81. The number of nitrogens with two attached hydrogens (primary N) is 1. The Kier molecular flexibility index (Phi) is 2.60. The summed E-state index contributed by atoms with van der Waals surface area (Å²) >= 11 is 0. The second-order valence-electron chi connectivity index (χ2n) is 3.08. The van der Waals surface area contributed by atoms with Gasteiger partial charge in [0.1, 0.15) is 0 Å². The quantitative estimate of drug-likeness (QED) is 0.799. The van der Waals surface area contributed by atoms with Gasteiger partial charge < -0.3 is 10.3 Å². The lowest BCUT2D eigenvalue weighted by molar-refractivity contribution is 0.431. The Morgan fingerprint density at radius 2 is 2.00 bits per heavy atom. The summed E-state index contributed by atoms with van der Waals surface area (Å²) in [5.74, 6) is 0.830. The van der Waals surface area contributed by atoms with Crippen molar-refractivity contribution in [1.82, 2.24) is 5.16 Å². The highest BCUT2D eigenvalue weighted by atomic mass is 16.5. The van der Waals surface area contributed by atoms with E-state index < -0.39 is 0 Å². The largest absolute Gasteiger partial charge is 0.356 e. The van der Waals surface area contributed by atoms with Gasteiger partial charge in [-0.05, 0) is 13.0 Å². The van der Waals surface area contributed by atoms with E-state index in [-0.39, 0.29) is 0 Å². The Morgan fingerprint density at radius 1 is 1.21 bits per heavy atom. The van der Waals surface area contributed by atoms with Crippen LogP contribution in [0.3, 0.4) is 0 Å². The summed E-state index contributed by atoms with van der Waals surface area (Å²) in [5.41, 5.74) is 7.61. The lowest BCUT2D eigenvalue weighted by atomic mass is 10.1. The van der Waals surface area contributed by atoms with Gasteiger partial charge in [0.25, 0.3) is 0 Å². The maximum Gasteiger partial charge on any atom is 0.170 e. The molecule has 0 saturated carbocycles. The predicted molar refractivity (Wildman–Crippen MR) is 54.7 cm³/mol. The van der Waals surface area contributed by atoms with Crippen LogP contribution in [0.1, 0.15) is 5.56 Å². The Morgan fingerprint density at radius 3 is 2.71 bits per heavy atom. The molecule has 72 valence electrons. The van der Waals surface area contributed by atoms with E-state index in [9.17, 15) is 0 Å². The third kappa shape index (κ3) is 1.67. The van der Waals surface area contributed by atoms with Crippen molar-refractivity contribution in [2.24, 2.45) is 5.73 Å². The van der Waals surface area contributed by atoms with Gasteiger partial charge >= 0.3 is 0 Å². The van der Waals surface area contributed by atoms with Gasteiger partial charge in [0.15, 0.2) is 5.76 Å². The van der Waals surface area contributed by atoms with Crippen LogP contribution in [0, 0.1) is 0 Å². The molecule has 1 aromatic heterocycles. The van der Waals surface area contributed by atoms with Crippen LogP contribution >= 0.6 is 0 Å². The van der Waals surface area contributed by atoms with Crippen LogP contribution in [-0.2, 0) is 6.42 Å². The van der Waals surface area contributed by atoms with Crippen LogP contribution in [0.25, 0.3) is 11.3 Å². The fourth-order valence-corrected chi connectivity index (χ4v) is 1.42. The van der Waals surface area contributed by atoms with E-state index in [0.717, 1.165) is 23.3 Å². The van der Waals surface area contributed by atoms with E-state index in [1.807, 2.05) is 30.3 Å². The van der Waals surface area contributed by atoms with Gasteiger partial charge in [-0.25, -0.2) is 0 Å². The van der Waals surface area contributed by atoms with Crippen LogP contribution in [0.4, 0.5) is 0 Å².